The highest BCUT2D eigenvalue weighted by Crippen LogP contribution is 2.24. The van der Waals surface area contributed by atoms with Gasteiger partial charge in [-0.25, -0.2) is 0 Å². The fraction of sp³-hybridized carbons (Fsp3) is 0.267. The lowest BCUT2D eigenvalue weighted by Crippen LogP contribution is -1.91. The van der Waals surface area contributed by atoms with E-state index in [0.717, 1.165) is 23.2 Å². The number of nitrogen functional groups attached to an aromatic ring is 1. The second-order valence-corrected chi connectivity index (χ2v) is 4.26. The van der Waals surface area contributed by atoms with E-state index in [-0.39, 0.29) is 0 Å². The number of aryl methyl sites for hydroxylation is 1. The molecule has 0 saturated heterocycles. The Hall–Kier alpha value is -1.83. The van der Waals surface area contributed by atoms with Crippen molar-refractivity contribution in [2.45, 2.75) is 26.2 Å². The van der Waals surface area contributed by atoms with Crippen LogP contribution in [0.4, 0.5) is 5.69 Å². The molecule has 0 spiro atoms. The Balaban J connectivity index is 2.21. The highest BCUT2D eigenvalue weighted by atomic mass is 14.7. The zero-order valence-electron chi connectivity index (χ0n) is 10.2. The quantitative estimate of drug-likeness (QED) is 0.863. The van der Waals surface area contributed by atoms with Crippen LogP contribution in [-0.2, 0) is 6.42 Å². The second-order valence-electron chi connectivity index (χ2n) is 4.26. The van der Waals surface area contributed by atoms with Gasteiger partial charge in [0.05, 0.1) is 0 Å². The summed E-state index contributed by atoms with van der Waals surface area (Å²) >= 11 is 0. The summed E-state index contributed by atoms with van der Waals surface area (Å²) in [6.07, 6.45) is 7.16. The van der Waals surface area contributed by atoms with E-state index in [4.69, 9.17) is 5.73 Å². The van der Waals surface area contributed by atoms with Gasteiger partial charge in [-0.3, -0.25) is 4.98 Å². The van der Waals surface area contributed by atoms with Gasteiger partial charge in [-0.2, -0.15) is 0 Å². The second kappa shape index (κ2) is 5.48. The van der Waals surface area contributed by atoms with Crippen LogP contribution in [0.15, 0.2) is 42.7 Å². The van der Waals surface area contributed by atoms with E-state index in [0.29, 0.717) is 0 Å². The molecule has 0 atom stereocenters. The molecule has 0 radical (unpaired) electrons. The smallest absolute Gasteiger partial charge is 0.0424 e. The summed E-state index contributed by atoms with van der Waals surface area (Å²) in [7, 11) is 0. The Morgan fingerprint density at radius 2 is 1.88 bits per heavy atom. The molecule has 0 aliphatic carbocycles. The first-order valence-corrected chi connectivity index (χ1v) is 6.10. The maximum atomic E-state index is 5.93. The number of hydrogen-bond donors (Lipinski definition) is 1. The summed E-state index contributed by atoms with van der Waals surface area (Å²) in [4.78, 5) is 4.11. The molecule has 1 heterocycles. The van der Waals surface area contributed by atoms with E-state index in [9.17, 15) is 0 Å². The fourth-order valence-corrected chi connectivity index (χ4v) is 1.88. The number of unbranched alkanes of at least 4 members (excludes halogenated alkanes) is 1. The van der Waals surface area contributed by atoms with E-state index in [1.54, 1.807) is 6.20 Å². The molecule has 0 aliphatic heterocycles. The van der Waals surface area contributed by atoms with Crippen molar-refractivity contribution in [3.05, 3.63) is 48.3 Å². The van der Waals surface area contributed by atoms with Crippen LogP contribution >= 0.6 is 0 Å². The normalized spacial score (nSPS) is 10.4. The highest BCUT2D eigenvalue weighted by Gasteiger charge is 2.02. The number of nitrogens with two attached hydrogens (primary N) is 1. The Kier molecular flexibility index (Phi) is 3.76. The molecule has 0 unspecified atom stereocenters. The minimum Gasteiger partial charge on any atom is -0.398 e. The summed E-state index contributed by atoms with van der Waals surface area (Å²) in [6.45, 7) is 2.21. The van der Waals surface area contributed by atoms with Crippen molar-refractivity contribution >= 4 is 5.69 Å². The lowest BCUT2D eigenvalue weighted by molar-refractivity contribution is 0.795. The molecule has 2 nitrogen and oxygen atoms in total. The standard InChI is InChI=1S/C15H18N2/c1-2-3-4-12-5-7-13(8-6-12)14-11-17-10-9-15(14)16/h5-11H,2-4H2,1H3,(H2,16,17). The third kappa shape index (κ3) is 2.84. The van der Waals surface area contributed by atoms with E-state index < -0.39 is 0 Å². The van der Waals surface area contributed by atoms with Crippen molar-refractivity contribution in [1.82, 2.24) is 4.98 Å². The SMILES string of the molecule is CCCCc1ccc(-c2cnccc2N)cc1. The van der Waals surface area contributed by atoms with E-state index in [1.807, 2.05) is 12.3 Å². The van der Waals surface area contributed by atoms with Crippen molar-refractivity contribution in [2.24, 2.45) is 0 Å². The van der Waals surface area contributed by atoms with Crippen LogP contribution < -0.4 is 5.73 Å². The summed E-state index contributed by atoms with van der Waals surface area (Å²) in [5.41, 5.74) is 10.2. The van der Waals surface area contributed by atoms with Gasteiger partial charge in [0.15, 0.2) is 0 Å². The molecule has 2 aromatic rings. The lowest BCUT2D eigenvalue weighted by Gasteiger charge is -2.06. The minimum atomic E-state index is 0.779. The van der Waals surface area contributed by atoms with Crippen LogP contribution in [0, 0.1) is 0 Å². The number of rotatable bonds is 4. The maximum absolute atomic E-state index is 5.93. The molecule has 0 saturated carbocycles. The number of aromatic nitrogens is 1. The first-order valence-electron chi connectivity index (χ1n) is 6.10. The number of nitrogens with zero attached hydrogens (tertiary/aromatic N) is 1. The predicted octanol–water partition coefficient (Wildman–Crippen LogP) is 3.67. The molecule has 0 aliphatic rings. The molecule has 88 valence electrons. The molecule has 0 fully saturated rings. The molecule has 0 amide bonds. The number of anilines is 1. The first kappa shape index (κ1) is 11.6. The summed E-state index contributed by atoms with van der Waals surface area (Å²) in [5, 5.41) is 0. The fourth-order valence-electron chi connectivity index (χ4n) is 1.88. The monoisotopic (exact) mass is 226 g/mol. The van der Waals surface area contributed by atoms with Crippen molar-refractivity contribution < 1.29 is 0 Å². The van der Waals surface area contributed by atoms with E-state index >= 15 is 0 Å². The van der Waals surface area contributed by atoms with E-state index in [1.165, 1.54) is 18.4 Å². The highest BCUT2D eigenvalue weighted by molar-refractivity contribution is 5.75. The third-order valence-electron chi connectivity index (χ3n) is 2.94. The average Bonchev–Trinajstić information content (AvgIpc) is 2.38. The Bertz CT molecular complexity index is 475. The molecule has 0 bridgehead atoms. The lowest BCUT2D eigenvalue weighted by atomic mass is 10.0. The molecular weight excluding hydrogens is 208 g/mol. The van der Waals surface area contributed by atoms with E-state index in [2.05, 4.69) is 36.2 Å². The van der Waals surface area contributed by atoms with Gasteiger partial charge >= 0.3 is 0 Å². The maximum Gasteiger partial charge on any atom is 0.0424 e. The van der Waals surface area contributed by atoms with Crippen LogP contribution in [0.5, 0.6) is 0 Å². The van der Waals surface area contributed by atoms with Gasteiger partial charge in [0.25, 0.3) is 0 Å². The van der Waals surface area contributed by atoms with Gasteiger partial charge < -0.3 is 5.73 Å². The molecule has 17 heavy (non-hydrogen) atoms. The third-order valence-corrected chi connectivity index (χ3v) is 2.94. The largest absolute Gasteiger partial charge is 0.398 e. The van der Waals surface area contributed by atoms with Crippen LogP contribution in [0.3, 0.4) is 0 Å². The Morgan fingerprint density at radius 1 is 1.12 bits per heavy atom. The summed E-state index contributed by atoms with van der Waals surface area (Å²) < 4.78 is 0. The van der Waals surface area contributed by atoms with Crippen LogP contribution in [-0.4, -0.2) is 4.98 Å². The number of pyridine rings is 1. The molecule has 2 rings (SSSR count). The van der Waals surface area contributed by atoms with Gasteiger partial charge in [-0.15, -0.1) is 0 Å². The van der Waals surface area contributed by atoms with Crippen LogP contribution in [0.2, 0.25) is 0 Å². The van der Waals surface area contributed by atoms with Gasteiger partial charge in [-0.1, -0.05) is 37.6 Å². The number of hydrogen-bond acceptors (Lipinski definition) is 2. The van der Waals surface area contributed by atoms with Gasteiger partial charge in [0.2, 0.25) is 0 Å². The average molecular weight is 226 g/mol. The zero-order chi connectivity index (χ0) is 12.1. The van der Waals surface area contributed by atoms with Crippen LogP contribution in [0.25, 0.3) is 11.1 Å². The summed E-state index contributed by atoms with van der Waals surface area (Å²) in [6, 6.07) is 10.4. The molecule has 1 aromatic heterocycles. The van der Waals surface area contributed by atoms with Crippen molar-refractivity contribution in [2.75, 3.05) is 5.73 Å². The predicted molar refractivity (Wildman–Crippen MR) is 72.7 cm³/mol. The van der Waals surface area contributed by atoms with Crippen LogP contribution in [0.1, 0.15) is 25.3 Å². The number of benzene rings is 1. The Labute approximate surface area is 103 Å². The zero-order valence-corrected chi connectivity index (χ0v) is 10.2. The summed E-state index contributed by atoms with van der Waals surface area (Å²) in [5.74, 6) is 0. The molecule has 1 aromatic carbocycles. The van der Waals surface area contributed by atoms with Crippen molar-refractivity contribution in [3.63, 3.8) is 0 Å². The van der Waals surface area contributed by atoms with Gasteiger partial charge in [0.1, 0.15) is 0 Å². The first-order chi connectivity index (χ1) is 8.31. The van der Waals surface area contributed by atoms with Crippen molar-refractivity contribution in [1.29, 1.82) is 0 Å². The minimum absolute atomic E-state index is 0.779. The molecular formula is C15H18N2. The van der Waals surface area contributed by atoms with Gasteiger partial charge in [0, 0.05) is 23.6 Å². The molecule has 2 heteroatoms. The molecule has 2 N–H and O–H groups in total. The topological polar surface area (TPSA) is 38.9 Å². The van der Waals surface area contributed by atoms with Gasteiger partial charge in [-0.05, 0) is 30.0 Å². The Morgan fingerprint density at radius 3 is 2.53 bits per heavy atom. The van der Waals surface area contributed by atoms with Crippen molar-refractivity contribution in [3.8, 4) is 11.1 Å².